The fraction of sp³-hybridized carbons (Fsp3) is 0.318. The Morgan fingerprint density at radius 3 is 2.74 bits per heavy atom. The molecule has 0 saturated carbocycles. The third-order valence-corrected chi connectivity index (χ3v) is 8.08. The van der Waals surface area contributed by atoms with Crippen molar-refractivity contribution in [3.05, 3.63) is 53.1 Å². The number of nitrogen functional groups attached to an aromatic ring is 1. The Balaban J connectivity index is 1.48. The van der Waals surface area contributed by atoms with Crippen molar-refractivity contribution in [2.24, 2.45) is 0 Å². The maximum absolute atomic E-state index is 13.6. The molecular weight excluding hydrogens is 536 g/mol. The molecule has 0 aromatic carbocycles. The molecule has 16 heteroatoms. The lowest BCUT2D eigenvalue weighted by Gasteiger charge is -2.54. The summed E-state index contributed by atoms with van der Waals surface area (Å²) >= 11 is 2.36. The highest BCUT2D eigenvalue weighted by atomic mass is 32.2. The van der Waals surface area contributed by atoms with Gasteiger partial charge in [-0.15, -0.1) is 23.1 Å². The van der Waals surface area contributed by atoms with Gasteiger partial charge in [-0.25, -0.2) is 29.2 Å². The minimum absolute atomic E-state index is 0.0248. The van der Waals surface area contributed by atoms with E-state index in [9.17, 15) is 24.3 Å². The summed E-state index contributed by atoms with van der Waals surface area (Å²) in [4.78, 5) is 56.6. The lowest BCUT2D eigenvalue weighted by Crippen LogP contribution is -2.75. The molecule has 5 N–H and O–H groups in total. The van der Waals surface area contributed by atoms with Crippen LogP contribution in [-0.2, 0) is 20.9 Å². The first-order valence-electron chi connectivity index (χ1n) is 11.5. The molecule has 5 heterocycles. The molecule has 3 aliphatic rings. The van der Waals surface area contributed by atoms with Gasteiger partial charge < -0.3 is 20.9 Å². The summed E-state index contributed by atoms with van der Waals surface area (Å²) in [6.07, 6.45) is 2.54. The number of fused-ring (bicyclic) bond motifs is 1. The monoisotopic (exact) mass is 559 g/mol. The van der Waals surface area contributed by atoms with Crippen molar-refractivity contribution in [2.75, 3.05) is 24.6 Å². The van der Waals surface area contributed by atoms with Crippen molar-refractivity contribution in [3.8, 4) is 0 Å². The van der Waals surface area contributed by atoms with Gasteiger partial charge in [-0.1, -0.05) is 6.07 Å². The van der Waals surface area contributed by atoms with E-state index in [0.717, 1.165) is 21.4 Å². The lowest BCUT2D eigenvalue weighted by atomic mass is 10.0. The summed E-state index contributed by atoms with van der Waals surface area (Å²) in [5, 5.41) is 23.5. The van der Waals surface area contributed by atoms with Crippen LogP contribution in [0.25, 0.3) is 0 Å². The number of aromatic nitrogens is 2. The number of nitrogens with one attached hydrogen (secondary N) is 2. The van der Waals surface area contributed by atoms with Gasteiger partial charge in [0.15, 0.2) is 30.1 Å². The van der Waals surface area contributed by atoms with Crippen molar-refractivity contribution < 1.29 is 33.6 Å². The van der Waals surface area contributed by atoms with E-state index in [1.807, 2.05) is 22.8 Å². The molecule has 2 atom stereocenters. The van der Waals surface area contributed by atoms with Gasteiger partial charge in [-0.3, -0.25) is 19.9 Å². The number of anilines is 1. The number of nitrogens with zero attached hydrogens (tertiary/aromatic N) is 5. The van der Waals surface area contributed by atoms with Gasteiger partial charge in [0.05, 0.1) is 5.57 Å². The number of β-lactam (4-membered cyclic amide) rings is 1. The Morgan fingerprint density at radius 1 is 1.32 bits per heavy atom. The second kappa shape index (κ2) is 10.3. The average molecular weight is 560 g/mol. The van der Waals surface area contributed by atoms with E-state index in [2.05, 4.69) is 10.3 Å². The fourth-order valence-corrected chi connectivity index (χ4v) is 6.29. The van der Waals surface area contributed by atoms with Crippen molar-refractivity contribution in [1.82, 2.24) is 25.2 Å². The standard InChI is InChI=1S/C22H22N8O6S2/c23-14(13-11-38-20(24)26-13)16(31)30(28-8-4-5-25-21(28)33)15-17(32)29-18(36-22(34)35)12(10-37-19(15)29)9-27-6-2-1-3-7-27/h1-3,6-7,11,15,19,23H,4-5,8-10H2,(H3-,24,25,26,33,34,35)/p+1/t15?,19-/m0/s1. The van der Waals surface area contributed by atoms with Crippen LogP contribution in [0.2, 0.25) is 0 Å². The van der Waals surface area contributed by atoms with Crippen LogP contribution < -0.4 is 15.6 Å². The highest BCUT2D eigenvalue weighted by molar-refractivity contribution is 8.00. The topological polar surface area (TPSA) is 186 Å². The first-order valence-corrected chi connectivity index (χ1v) is 13.4. The Bertz CT molecular complexity index is 1350. The van der Waals surface area contributed by atoms with Crippen molar-refractivity contribution >= 4 is 57.9 Å². The van der Waals surface area contributed by atoms with E-state index in [4.69, 9.17) is 15.9 Å². The van der Waals surface area contributed by atoms with Crippen molar-refractivity contribution in [1.29, 1.82) is 5.41 Å². The minimum atomic E-state index is -1.58. The van der Waals surface area contributed by atoms with Crippen LogP contribution in [0.4, 0.5) is 14.7 Å². The third-order valence-electron chi connectivity index (χ3n) is 6.08. The zero-order valence-corrected chi connectivity index (χ0v) is 21.4. The molecule has 38 heavy (non-hydrogen) atoms. The number of carbonyl (C=O) groups excluding carboxylic acids is 3. The molecule has 198 valence electrons. The maximum Gasteiger partial charge on any atom is 0.512 e. The van der Waals surface area contributed by atoms with Gasteiger partial charge in [0.25, 0.3) is 11.8 Å². The molecule has 0 aliphatic carbocycles. The Labute approximate surface area is 224 Å². The molecule has 0 bridgehead atoms. The number of thiazole rings is 1. The minimum Gasteiger partial charge on any atom is -0.449 e. The summed E-state index contributed by atoms with van der Waals surface area (Å²) < 4.78 is 6.89. The number of thioether (sulfide) groups is 1. The highest BCUT2D eigenvalue weighted by Gasteiger charge is 2.59. The molecule has 3 aliphatic heterocycles. The second-order valence-electron chi connectivity index (χ2n) is 8.48. The number of carboxylic acid groups (broad SMARTS) is 1. The van der Waals surface area contributed by atoms with Crippen molar-refractivity contribution in [2.45, 2.75) is 24.4 Å². The summed E-state index contributed by atoms with van der Waals surface area (Å²) in [5.41, 5.74) is 5.73. The molecule has 2 aromatic heterocycles. The number of ether oxygens (including phenoxy) is 1. The third kappa shape index (κ3) is 4.63. The average Bonchev–Trinajstić information content (AvgIpc) is 3.34. The van der Waals surface area contributed by atoms with Crippen LogP contribution in [0.3, 0.4) is 0 Å². The van der Waals surface area contributed by atoms with Crippen LogP contribution in [0.15, 0.2) is 47.4 Å². The second-order valence-corrected chi connectivity index (χ2v) is 10.5. The molecule has 5 rings (SSSR count). The van der Waals surface area contributed by atoms with Gasteiger partial charge >= 0.3 is 12.2 Å². The summed E-state index contributed by atoms with van der Waals surface area (Å²) in [6.45, 7) is 0.834. The van der Waals surface area contributed by atoms with Gasteiger partial charge in [0, 0.05) is 36.4 Å². The van der Waals surface area contributed by atoms with Gasteiger partial charge in [-0.2, -0.15) is 0 Å². The predicted molar refractivity (Wildman–Crippen MR) is 135 cm³/mol. The molecule has 0 spiro atoms. The van der Waals surface area contributed by atoms with E-state index in [1.165, 1.54) is 22.0 Å². The number of hydrogen-bond acceptors (Lipinski definition) is 10. The number of rotatable bonds is 7. The highest BCUT2D eigenvalue weighted by Crippen LogP contribution is 2.43. The summed E-state index contributed by atoms with van der Waals surface area (Å²) in [5.74, 6) is -1.34. The van der Waals surface area contributed by atoms with Gasteiger partial charge in [0.2, 0.25) is 5.88 Å². The molecule has 1 unspecified atom stereocenters. The molecule has 2 fully saturated rings. The van der Waals surface area contributed by atoms with E-state index in [0.29, 0.717) is 24.3 Å². The number of pyridine rings is 1. The van der Waals surface area contributed by atoms with Crippen molar-refractivity contribution in [3.63, 3.8) is 0 Å². The number of amides is 4. The van der Waals surface area contributed by atoms with Crippen LogP contribution >= 0.6 is 23.1 Å². The zero-order chi connectivity index (χ0) is 27.0. The number of hydrazine groups is 1. The molecule has 4 amide bonds. The molecular formula is C22H23N8O6S2+. The van der Waals surface area contributed by atoms with Crippen LogP contribution in [0.5, 0.6) is 0 Å². The molecule has 2 aromatic rings. The summed E-state index contributed by atoms with van der Waals surface area (Å²) in [7, 11) is 0. The van der Waals surface area contributed by atoms with Crippen LogP contribution in [0, 0.1) is 5.41 Å². The Kier molecular flexibility index (Phi) is 6.90. The molecule has 0 radical (unpaired) electrons. The van der Waals surface area contributed by atoms with E-state index >= 15 is 0 Å². The first kappa shape index (κ1) is 25.5. The predicted octanol–water partition coefficient (Wildman–Crippen LogP) is 0.430. The number of nitrogens with two attached hydrogens (primary N) is 1. The largest absolute Gasteiger partial charge is 0.512 e. The Morgan fingerprint density at radius 2 is 2.08 bits per heavy atom. The van der Waals surface area contributed by atoms with E-state index in [1.54, 1.807) is 12.4 Å². The maximum atomic E-state index is 13.6. The first-order chi connectivity index (χ1) is 18.3. The normalized spacial score (nSPS) is 20.8. The quantitative estimate of drug-likeness (QED) is 0.161. The van der Waals surface area contributed by atoms with E-state index < -0.39 is 41.1 Å². The number of hydrogen-bond donors (Lipinski definition) is 4. The van der Waals surface area contributed by atoms with E-state index in [-0.39, 0.29) is 29.8 Å². The molecule has 2 saturated heterocycles. The zero-order valence-electron chi connectivity index (χ0n) is 19.8. The fourth-order valence-electron chi connectivity index (χ4n) is 4.39. The van der Waals surface area contributed by atoms with Crippen LogP contribution in [0.1, 0.15) is 12.1 Å². The Hall–Kier alpha value is -4.18. The molecule has 14 nitrogen and oxygen atoms in total. The van der Waals surface area contributed by atoms with Crippen LogP contribution in [-0.4, -0.2) is 85.0 Å². The van der Waals surface area contributed by atoms with Gasteiger partial charge in [-0.05, 0) is 6.42 Å². The SMILES string of the molecule is N=C(C(=O)N(C1C(=O)N2C(OC(=O)O)=C(C[n+]3ccccc3)CS[C@@H]12)N1CCCNC1=O)c1csc(N)n1. The number of carbonyl (C=O) groups is 4. The summed E-state index contributed by atoms with van der Waals surface area (Å²) in [6, 6.07) is 3.72. The smallest absolute Gasteiger partial charge is 0.449 e. The number of urea groups is 1. The lowest BCUT2D eigenvalue weighted by molar-refractivity contribution is -0.689. The van der Waals surface area contributed by atoms with Gasteiger partial charge in [0.1, 0.15) is 16.8 Å².